The molecule has 4 heteroatoms. The van der Waals surface area contributed by atoms with Crippen LogP contribution in [0.3, 0.4) is 0 Å². The van der Waals surface area contributed by atoms with Crippen LogP contribution in [0.5, 0.6) is 0 Å². The molecule has 268 valence electrons. The summed E-state index contributed by atoms with van der Waals surface area (Å²) >= 11 is 0. The van der Waals surface area contributed by atoms with E-state index in [1.54, 1.807) is 0 Å². The van der Waals surface area contributed by atoms with E-state index in [0.29, 0.717) is 6.54 Å². The summed E-state index contributed by atoms with van der Waals surface area (Å²) in [6.45, 7) is 0.609. The topological polar surface area (TPSA) is 44.8 Å². The molecule has 0 radical (unpaired) electrons. The Morgan fingerprint density at radius 1 is 0.421 bits per heavy atom. The lowest BCUT2D eigenvalue weighted by Crippen LogP contribution is -1.98. The number of benzene rings is 7. The fourth-order valence-electron chi connectivity index (χ4n) is 8.71. The Labute approximate surface area is 330 Å². The largest absolute Gasteiger partial charge is 0.686 e. The van der Waals surface area contributed by atoms with Gasteiger partial charge in [0, 0.05) is 46.8 Å². The maximum Gasteiger partial charge on any atom is 0.0571 e. The van der Waals surface area contributed by atoms with E-state index in [1.807, 2.05) is 31.0 Å². The van der Waals surface area contributed by atoms with Crippen LogP contribution in [-0.2, 0) is 0 Å². The molecule has 0 saturated heterocycles. The zero-order valence-corrected chi connectivity index (χ0v) is 31.0. The highest BCUT2D eigenvalue weighted by molar-refractivity contribution is 6.22. The first-order valence-electron chi connectivity index (χ1n) is 19.3. The Bertz CT molecular complexity index is 3210. The van der Waals surface area contributed by atoms with Crippen molar-refractivity contribution in [2.75, 3.05) is 6.54 Å². The molecule has 0 spiro atoms. The first-order chi connectivity index (χ1) is 28.3. The number of nitrogens with zero attached hydrogens (tertiary/aromatic N) is 4. The van der Waals surface area contributed by atoms with Crippen molar-refractivity contribution in [3.63, 3.8) is 0 Å². The number of aromatic nitrogens is 3. The Hall–Kier alpha value is -7.56. The van der Waals surface area contributed by atoms with Gasteiger partial charge in [0.25, 0.3) is 0 Å². The molecule has 11 rings (SSSR count). The maximum atomic E-state index is 4.91. The van der Waals surface area contributed by atoms with E-state index in [1.165, 1.54) is 54.9 Å². The lowest BCUT2D eigenvalue weighted by Gasteiger charge is -2.27. The van der Waals surface area contributed by atoms with E-state index in [0.717, 1.165) is 49.8 Å². The van der Waals surface area contributed by atoms with E-state index in [4.69, 9.17) is 10.3 Å². The van der Waals surface area contributed by atoms with Gasteiger partial charge in [-0.3, -0.25) is 9.97 Å². The Kier molecular flexibility index (Phi) is 7.85. The first-order valence-corrected chi connectivity index (χ1v) is 19.3. The predicted octanol–water partition coefficient (Wildman–Crippen LogP) is 13.7. The van der Waals surface area contributed by atoms with Gasteiger partial charge in [0.15, 0.2) is 0 Å². The summed E-state index contributed by atoms with van der Waals surface area (Å²) in [5.74, 6) is 0. The van der Waals surface area contributed by atoms with Gasteiger partial charge in [0.2, 0.25) is 0 Å². The van der Waals surface area contributed by atoms with Crippen LogP contribution in [0.4, 0.5) is 0 Å². The molecular weight excluding hydrogens is 693 g/mol. The molecule has 4 heterocycles. The van der Waals surface area contributed by atoms with Crippen molar-refractivity contribution < 1.29 is 0 Å². The zero-order chi connectivity index (χ0) is 37.7. The second-order valence-corrected chi connectivity index (χ2v) is 14.6. The third-order valence-electron chi connectivity index (χ3n) is 11.3. The Morgan fingerprint density at radius 2 is 1.04 bits per heavy atom. The van der Waals surface area contributed by atoms with Crippen LogP contribution in [0.15, 0.2) is 201 Å². The van der Waals surface area contributed by atoms with Gasteiger partial charge < -0.3 is 9.88 Å². The van der Waals surface area contributed by atoms with Crippen LogP contribution in [-0.4, -0.2) is 21.1 Å². The minimum absolute atomic E-state index is 0.609. The molecule has 0 bridgehead atoms. The van der Waals surface area contributed by atoms with Gasteiger partial charge >= 0.3 is 0 Å². The minimum Gasteiger partial charge on any atom is -0.686 e. The SMILES string of the molecule is C1=C(c2cncc(-c3ccc4c(c3)c3cnccc3n4-c3ccccc3)c2)C=C(c2ccc3c(-c4ccccc4)c4ccccc4c(-c4ccccc4)c3c2)C[N-]1. The molecule has 0 fully saturated rings. The molecule has 7 aromatic carbocycles. The molecule has 0 aliphatic carbocycles. The highest BCUT2D eigenvalue weighted by Crippen LogP contribution is 2.45. The van der Waals surface area contributed by atoms with Crippen molar-refractivity contribution in [2.45, 2.75) is 0 Å². The number of hydrogen-bond donors (Lipinski definition) is 0. The Morgan fingerprint density at radius 3 is 1.79 bits per heavy atom. The van der Waals surface area contributed by atoms with Crippen LogP contribution < -0.4 is 0 Å². The first kappa shape index (κ1) is 32.8. The smallest absolute Gasteiger partial charge is 0.0571 e. The van der Waals surface area contributed by atoms with Crippen LogP contribution >= 0.6 is 0 Å². The van der Waals surface area contributed by atoms with Crippen LogP contribution in [0.25, 0.3) is 98.9 Å². The number of para-hydroxylation sites is 1. The second-order valence-electron chi connectivity index (χ2n) is 14.6. The van der Waals surface area contributed by atoms with E-state index in [-0.39, 0.29) is 0 Å². The normalized spacial score (nSPS) is 12.8. The van der Waals surface area contributed by atoms with Crippen LogP contribution in [0.1, 0.15) is 11.1 Å². The van der Waals surface area contributed by atoms with Crippen molar-refractivity contribution >= 4 is 54.5 Å². The average molecular weight is 728 g/mol. The van der Waals surface area contributed by atoms with E-state index >= 15 is 0 Å². The van der Waals surface area contributed by atoms with E-state index in [2.05, 4.69) is 179 Å². The van der Waals surface area contributed by atoms with Crippen molar-refractivity contribution in [2.24, 2.45) is 0 Å². The van der Waals surface area contributed by atoms with Gasteiger partial charge in [0.1, 0.15) is 0 Å². The van der Waals surface area contributed by atoms with Gasteiger partial charge in [-0.05, 0) is 109 Å². The predicted molar refractivity (Wildman–Crippen MR) is 238 cm³/mol. The van der Waals surface area contributed by atoms with Gasteiger partial charge in [0.05, 0.1) is 11.0 Å². The maximum absolute atomic E-state index is 4.91. The standard InChI is InChI=1S/C53H35N4/c1-4-12-35(13-5-1)52-44-18-10-11-19-45(44)53(36-14-6-2-7-15-36)48-29-37(20-22-46(48)52)39-26-41(32-55-30-39)42-27-40(31-56-33-42)38-21-23-50-47(28-38)49-34-54-25-24-51(49)57(50)43-16-8-3-9-17-43/h1-29,31-34H,30H2/q-1. The summed E-state index contributed by atoms with van der Waals surface area (Å²) in [6.07, 6.45) is 12.0. The second kappa shape index (κ2) is 13.6. The zero-order valence-electron chi connectivity index (χ0n) is 31.0. The molecule has 1 aliphatic rings. The summed E-state index contributed by atoms with van der Waals surface area (Å²) in [5.41, 5.74) is 14.9. The van der Waals surface area contributed by atoms with Crippen LogP contribution in [0, 0.1) is 0 Å². The Balaban J connectivity index is 1.01. The van der Waals surface area contributed by atoms with Crippen LogP contribution in [0.2, 0.25) is 0 Å². The quantitative estimate of drug-likeness (QED) is 0.160. The lowest BCUT2D eigenvalue weighted by atomic mass is 9.84. The molecule has 57 heavy (non-hydrogen) atoms. The summed E-state index contributed by atoms with van der Waals surface area (Å²) in [7, 11) is 0. The highest BCUT2D eigenvalue weighted by Gasteiger charge is 2.18. The number of hydrogen-bond acceptors (Lipinski definition) is 2. The molecule has 0 N–H and O–H groups in total. The molecular formula is C53H35N4-. The number of pyridine rings is 2. The van der Waals surface area contributed by atoms with Gasteiger partial charge in [-0.2, -0.15) is 6.20 Å². The minimum atomic E-state index is 0.609. The van der Waals surface area contributed by atoms with Gasteiger partial charge in [-0.25, -0.2) is 0 Å². The monoisotopic (exact) mass is 727 g/mol. The summed E-state index contributed by atoms with van der Waals surface area (Å²) in [4.78, 5) is 9.25. The third kappa shape index (κ3) is 5.61. The average Bonchev–Trinajstić information content (AvgIpc) is 3.62. The summed E-state index contributed by atoms with van der Waals surface area (Å²) in [5, 5.41) is 12.2. The van der Waals surface area contributed by atoms with Gasteiger partial charge in [-0.1, -0.05) is 133 Å². The van der Waals surface area contributed by atoms with E-state index in [9.17, 15) is 0 Å². The number of fused-ring (bicyclic) bond motifs is 5. The van der Waals surface area contributed by atoms with Gasteiger partial charge in [-0.15, -0.1) is 6.54 Å². The fourth-order valence-corrected chi connectivity index (χ4v) is 8.71. The van der Waals surface area contributed by atoms with Crippen molar-refractivity contribution in [3.8, 4) is 39.1 Å². The van der Waals surface area contributed by atoms with Crippen molar-refractivity contribution in [1.82, 2.24) is 14.5 Å². The molecule has 0 atom stereocenters. The van der Waals surface area contributed by atoms with Crippen molar-refractivity contribution in [1.29, 1.82) is 0 Å². The molecule has 0 amide bonds. The molecule has 10 aromatic rings. The fraction of sp³-hybridized carbons (Fsp3) is 0.0189. The summed E-state index contributed by atoms with van der Waals surface area (Å²) in [6, 6.07) is 58.9. The van der Waals surface area contributed by atoms with E-state index < -0.39 is 0 Å². The molecule has 0 unspecified atom stereocenters. The summed E-state index contributed by atoms with van der Waals surface area (Å²) < 4.78 is 2.31. The molecule has 4 nitrogen and oxygen atoms in total. The molecule has 0 saturated carbocycles. The number of rotatable bonds is 6. The third-order valence-corrected chi connectivity index (χ3v) is 11.3. The number of allylic oxidation sites excluding steroid dienone is 2. The highest BCUT2D eigenvalue weighted by atomic mass is 15.0. The van der Waals surface area contributed by atoms with Crippen molar-refractivity contribution in [3.05, 3.63) is 217 Å². The molecule has 3 aromatic heterocycles. The lowest BCUT2D eigenvalue weighted by molar-refractivity contribution is 1.17. The molecule has 1 aliphatic heterocycles.